The van der Waals surface area contributed by atoms with Crippen molar-refractivity contribution in [3.63, 3.8) is 0 Å². The number of aliphatic hydroxyl groups excluding tert-OH is 1. The maximum atomic E-state index is 10.9. The van der Waals surface area contributed by atoms with Crippen LogP contribution in [-0.2, 0) is 0 Å². The zero-order chi connectivity index (χ0) is 21.7. The fourth-order valence-corrected chi connectivity index (χ4v) is 10.8. The number of hydrogen-bond acceptors (Lipinski definition) is 1. The zero-order valence-electron chi connectivity index (χ0n) is 20.9. The Kier molecular flexibility index (Phi) is 4.59. The molecule has 0 saturated heterocycles. The van der Waals surface area contributed by atoms with E-state index in [2.05, 4.69) is 60.6 Å². The number of hydrogen-bond donors (Lipinski definition) is 1. The van der Waals surface area contributed by atoms with Gasteiger partial charge in [-0.2, -0.15) is 0 Å². The first-order chi connectivity index (χ1) is 13.9. The van der Waals surface area contributed by atoms with Gasteiger partial charge in [-0.3, -0.25) is 0 Å². The van der Waals surface area contributed by atoms with Gasteiger partial charge in [-0.25, -0.2) is 0 Å². The highest BCUT2D eigenvalue weighted by atomic mass is 16.3. The van der Waals surface area contributed by atoms with Crippen LogP contribution >= 0.6 is 0 Å². The lowest BCUT2D eigenvalue weighted by Crippen LogP contribution is -2.65. The molecule has 170 valence electrons. The van der Waals surface area contributed by atoms with E-state index in [1.807, 2.05) is 0 Å². The quantitative estimate of drug-likeness (QED) is 0.405. The molecule has 30 heavy (non-hydrogen) atoms. The third-order valence-corrected chi connectivity index (χ3v) is 12.8. The second-order valence-electron chi connectivity index (χ2n) is 14.2. The predicted octanol–water partition coefficient (Wildman–Crippen LogP) is 7.63. The molecule has 0 unspecified atom stereocenters. The maximum Gasteiger partial charge on any atom is 0.0594 e. The average Bonchev–Trinajstić information content (AvgIpc) is 2.66. The van der Waals surface area contributed by atoms with E-state index >= 15 is 0 Å². The SMILES string of the molecule is C[C@H]1CCC[C@]2(C)CC[C@]3(C)[C@H](C=C[C@@H]4[C@@]5(C)CC[C@H](O)C(C)(C)[C@@H]5CC[C@]43C)[C@H]12. The Bertz CT molecular complexity index is 737. The first-order valence-electron chi connectivity index (χ1n) is 13.3. The summed E-state index contributed by atoms with van der Waals surface area (Å²) in [6, 6.07) is 0. The monoisotopic (exact) mass is 412 g/mol. The fourth-order valence-electron chi connectivity index (χ4n) is 10.8. The van der Waals surface area contributed by atoms with E-state index in [0.29, 0.717) is 33.5 Å². The molecule has 5 aliphatic rings. The van der Waals surface area contributed by atoms with E-state index in [0.717, 1.165) is 24.2 Å². The molecule has 5 aliphatic carbocycles. The molecule has 10 atom stereocenters. The smallest absolute Gasteiger partial charge is 0.0594 e. The van der Waals surface area contributed by atoms with E-state index in [-0.39, 0.29) is 11.5 Å². The number of rotatable bonds is 0. The molecule has 0 aromatic heterocycles. The highest BCUT2D eigenvalue weighted by Gasteiger charge is 2.68. The topological polar surface area (TPSA) is 20.2 Å². The highest BCUT2D eigenvalue weighted by Crippen LogP contribution is 2.75. The van der Waals surface area contributed by atoms with Crippen molar-refractivity contribution in [3.8, 4) is 0 Å². The molecule has 0 amide bonds. The van der Waals surface area contributed by atoms with Gasteiger partial charge in [0.25, 0.3) is 0 Å². The molecule has 0 radical (unpaired) electrons. The van der Waals surface area contributed by atoms with E-state index in [1.165, 1.54) is 51.4 Å². The van der Waals surface area contributed by atoms with Crippen molar-refractivity contribution in [2.75, 3.05) is 0 Å². The lowest BCUT2D eigenvalue weighted by Gasteiger charge is -2.72. The largest absolute Gasteiger partial charge is 0.393 e. The van der Waals surface area contributed by atoms with Crippen LogP contribution in [0.5, 0.6) is 0 Å². The molecule has 5 rings (SSSR count). The first kappa shape index (κ1) is 21.5. The Morgan fingerprint density at radius 2 is 1.50 bits per heavy atom. The van der Waals surface area contributed by atoms with E-state index in [1.54, 1.807) is 0 Å². The van der Waals surface area contributed by atoms with Gasteiger partial charge in [0.15, 0.2) is 0 Å². The summed E-state index contributed by atoms with van der Waals surface area (Å²) in [5, 5.41) is 10.9. The minimum atomic E-state index is -0.130. The van der Waals surface area contributed by atoms with Crippen molar-refractivity contribution < 1.29 is 5.11 Å². The fraction of sp³-hybridized carbons (Fsp3) is 0.931. The molecule has 0 heterocycles. The lowest BCUT2D eigenvalue weighted by atomic mass is 9.33. The van der Waals surface area contributed by atoms with Gasteiger partial charge in [0.05, 0.1) is 6.10 Å². The van der Waals surface area contributed by atoms with Gasteiger partial charge in [0.2, 0.25) is 0 Å². The minimum Gasteiger partial charge on any atom is -0.393 e. The minimum absolute atomic E-state index is 0.0446. The molecule has 4 saturated carbocycles. The summed E-state index contributed by atoms with van der Waals surface area (Å²) in [5.41, 5.74) is 1.76. The Labute approximate surface area is 186 Å². The van der Waals surface area contributed by atoms with Crippen LogP contribution in [0, 0.1) is 56.7 Å². The highest BCUT2D eigenvalue weighted by molar-refractivity contribution is 5.25. The second-order valence-corrected chi connectivity index (χ2v) is 14.2. The van der Waals surface area contributed by atoms with Gasteiger partial charge in [-0.05, 0) is 102 Å². The second kappa shape index (κ2) is 6.39. The third-order valence-electron chi connectivity index (χ3n) is 12.8. The maximum absolute atomic E-state index is 10.9. The van der Waals surface area contributed by atoms with Crippen LogP contribution in [0.2, 0.25) is 0 Å². The first-order valence-corrected chi connectivity index (χ1v) is 13.3. The van der Waals surface area contributed by atoms with Crippen LogP contribution in [0.3, 0.4) is 0 Å². The van der Waals surface area contributed by atoms with Crippen molar-refractivity contribution >= 4 is 0 Å². The molecule has 0 aromatic carbocycles. The predicted molar refractivity (Wildman–Crippen MR) is 126 cm³/mol. The molecule has 0 bridgehead atoms. The van der Waals surface area contributed by atoms with Crippen molar-refractivity contribution in [1.29, 1.82) is 0 Å². The van der Waals surface area contributed by atoms with Gasteiger partial charge in [0, 0.05) is 0 Å². The lowest BCUT2D eigenvalue weighted by molar-refractivity contribution is -0.217. The molecule has 4 fully saturated rings. The molecule has 1 nitrogen and oxygen atoms in total. The molecule has 0 aliphatic heterocycles. The van der Waals surface area contributed by atoms with Crippen LogP contribution in [0.1, 0.15) is 106 Å². The Morgan fingerprint density at radius 3 is 2.23 bits per heavy atom. The van der Waals surface area contributed by atoms with Crippen LogP contribution in [0.15, 0.2) is 12.2 Å². The molecule has 1 heteroatoms. The van der Waals surface area contributed by atoms with E-state index < -0.39 is 0 Å². The van der Waals surface area contributed by atoms with E-state index in [4.69, 9.17) is 0 Å². The normalized spacial score (nSPS) is 59.5. The van der Waals surface area contributed by atoms with Gasteiger partial charge in [-0.1, -0.05) is 73.5 Å². The summed E-state index contributed by atoms with van der Waals surface area (Å²) in [4.78, 5) is 0. The molecule has 1 N–H and O–H groups in total. The molecular formula is C29H48O. The number of aliphatic hydroxyl groups is 1. The van der Waals surface area contributed by atoms with Crippen LogP contribution < -0.4 is 0 Å². The van der Waals surface area contributed by atoms with Gasteiger partial charge >= 0.3 is 0 Å². The van der Waals surface area contributed by atoms with Crippen LogP contribution in [-0.4, -0.2) is 11.2 Å². The third kappa shape index (κ3) is 2.45. The van der Waals surface area contributed by atoms with Crippen LogP contribution in [0.25, 0.3) is 0 Å². The average molecular weight is 413 g/mol. The molecular weight excluding hydrogens is 364 g/mol. The number of allylic oxidation sites excluding steroid dienone is 2. The van der Waals surface area contributed by atoms with Crippen molar-refractivity contribution in [3.05, 3.63) is 12.2 Å². The van der Waals surface area contributed by atoms with Gasteiger partial charge in [0.1, 0.15) is 0 Å². The van der Waals surface area contributed by atoms with Gasteiger partial charge in [-0.15, -0.1) is 0 Å². The summed E-state index contributed by atoms with van der Waals surface area (Å²) in [6.07, 6.45) is 17.4. The summed E-state index contributed by atoms with van der Waals surface area (Å²) >= 11 is 0. The summed E-state index contributed by atoms with van der Waals surface area (Å²) in [7, 11) is 0. The van der Waals surface area contributed by atoms with E-state index in [9.17, 15) is 5.11 Å². The van der Waals surface area contributed by atoms with Crippen molar-refractivity contribution in [2.24, 2.45) is 56.7 Å². The molecule has 0 spiro atoms. The molecule has 0 aromatic rings. The van der Waals surface area contributed by atoms with Crippen LogP contribution in [0.4, 0.5) is 0 Å². The summed E-state index contributed by atoms with van der Waals surface area (Å²) in [6.45, 7) is 17.9. The Balaban J connectivity index is 1.59. The Hall–Kier alpha value is -0.300. The van der Waals surface area contributed by atoms with Crippen molar-refractivity contribution in [2.45, 2.75) is 112 Å². The summed E-state index contributed by atoms with van der Waals surface area (Å²) in [5.74, 6) is 3.80. The number of fused-ring (bicyclic) bond motifs is 7. The van der Waals surface area contributed by atoms with Gasteiger partial charge < -0.3 is 5.11 Å². The Morgan fingerprint density at radius 1 is 0.767 bits per heavy atom. The van der Waals surface area contributed by atoms with Crippen molar-refractivity contribution in [1.82, 2.24) is 0 Å². The standard InChI is InChI=1S/C29H48O/c1-19-9-8-14-26(4)17-18-28(6)20(24(19)26)10-11-22-27(5)15-13-23(30)25(2,3)21(27)12-16-29(22,28)7/h10-11,19-24,30H,8-9,12-18H2,1-7H3/t19-,20+,21-,22+,23-,24-,26+,27-,28+,29+/m0/s1. The zero-order valence-corrected chi connectivity index (χ0v) is 20.9. The summed E-state index contributed by atoms with van der Waals surface area (Å²) < 4.78 is 0.